The highest BCUT2D eigenvalue weighted by Crippen LogP contribution is 2.10. The van der Waals surface area contributed by atoms with Crippen molar-refractivity contribution in [2.24, 2.45) is 0 Å². The van der Waals surface area contributed by atoms with Crippen molar-refractivity contribution < 1.29 is 4.74 Å². The Labute approximate surface area is 104 Å². The van der Waals surface area contributed by atoms with Gasteiger partial charge in [-0.25, -0.2) is 0 Å². The molecule has 84 valence electrons. The van der Waals surface area contributed by atoms with Gasteiger partial charge in [-0.15, -0.1) is 11.6 Å². The summed E-state index contributed by atoms with van der Waals surface area (Å²) in [5, 5.41) is 3.30. The van der Waals surface area contributed by atoms with E-state index in [0.717, 1.165) is 17.6 Å². The summed E-state index contributed by atoms with van der Waals surface area (Å²) in [6.45, 7) is 3.05. The fraction of sp³-hybridized carbons (Fsp3) is 0.455. The van der Waals surface area contributed by atoms with Crippen LogP contribution in [0.1, 0.15) is 5.56 Å². The summed E-state index contributed by atoms with van der Waals surface area (Å²) in [7, 11) is 0. The van der Waals surface area contributed by atoms with Crippen LogP contribution in [0.4, 0.5) is 0 Å². The highest BCUT2D eigenvalue weighted by atomic mass is 79.9. The van der Waals surface area contributed by atoms with Gasteiger partial charge in [-0.05, 0) is 17.7 Å². The Morgan fingerprint density at radius 3 is 2.93 bits per heavy atom. The molecule has 0 atom stereocenters. The van der Waals surface area contributed by atoms with E-state index >= 15 is 0 Å². The molecule has 0 heterocycles. The standard InChI is InChI=1S/C11H15BrClNO/c12-11-3-1-2-10(8-11)9-14-5-7-15-6-4-13/h1-3,8,14H,4-7,9H2. The second kappa shape index (κ2) is 8.11. The van der Waals surface area contributed by atoms with Gasteiger partial charge in [0, 0.05) is 23.4 Å². The van der Waals surface area contributed by atoms with Crippen LogP contribution in [0.5, 0.6) is 0 Å². The predicted molar refractivity (Wildman–Crippen MR) is 67.4 cm³/mol. The van der Waals surface area contributed by atoms with E-state index in [4.69, 9.17) is 16.3 Å². The number of ether oxygens (including phenoxy) is 1. The van der Waals surface area contributed by atoms with Crippen LogP contribution in [-0.4, -0.2) is 25.6 Å². The third-order valence-electron chi connectivity index (χ3n) is 1.86. The molecule has 0 spiro atoms. The summed E-state index contributed by atoms with van der Waals surface area (Å²) in [6, 6.07) is 8.25. The second-order valence-corrected chi connectivity index (χ2v) is 4.40. The molecular formula is C11H15BrClNO. The summed E-state index contributed by atoms with van der Waals surface area (Å²) < 4.78 is 6.35. The van der Waals surface area contributed by atoms with Gasteiger partial charge in [0.2, 0.25) is 0 Å². The van der Waals surface area contributed by atoms with E-state index < -0.39 is 0 Å². The Hall–Kier alpha value is -0.0900. The number of alkyl halides is 1. The first-order chi connectivity index (χ1) is 7.33. The topological polar surface area (TPSA) is 21.3 Å². The SMILES string of the molecule is ClCCOCCNCc1cccc(Br)c1. The minimum absolute atomic E-state index is 0.561. The molecule has 0 bridgehead atoms. The number of hydrogen-bond donors (Lipinski definition) is 1. The first-order valence-corrected chi connectivity index (χ1v) is 6.24. The van der Waals surface area contributed by atoms with Crippen LogP contribution in [0.2, 0.25) is 0 Å². The molecule has 4 heteroatoms. The molecule has 1 aromatic rings. The maximum absolute atomic E-state index is 5.48. The van der Waals surface area contributed by atoms with Crippen molar-refractivity contribution in [1.82, 2.24) is 5.32 Å². The van der Waals surface area contributed by atoms with Crippen molar-refractivity contribution in [2.45, 2.75) is 6.54 Å². The van der Waals surface area contributed by atoms with Crippen molar-refractivity contribution in [1.29, 1.82) is 0 Å². The molecule has 15 heavy (non-hydrogen) atoms. The maximum atomic E-state index is 5.48. The Morgan fingerprint density at radius 2 is 2.20 bits per heavy atom. The lowest BCUT2D eigenvalue weighted by Gasteiger charge is -2.05. The average Bonchev–Trinajstić information content (AvgIpc) is 2.23. The smallest absolute Gasteiger partial charge is 0.0602 e. The van der Waals surface area contributed by atoms with Gasteiger partial charge in [-0.3, -0.25) is 0 Å². The van der Waals surface area contributed by atoms with Crippen LogP contribution in [0.15, 0.2) is 28.7 Å². The molecule has 0 aromatic heterocycles. The van der Waals surface area contributed by atoms with Gasteiger partial charge in [0.15, 0.2) is 0 Å². The highest BCUT2D eigenvalue weighted by Gasteiger charge is 1.93. The normalized spacial score (nSPS) is 10.5. The van der Waals surface area contributed by atoms with Gasteiger partial charge in [0.05, 0.1) is 13.2 Å². The molecule has 0 aliphatic rings. The molecule has 2 nitrogen and oxygen atoms in total. The Balaban J connectivity index is 2.10. The van der Waals surface area contributed by atoms with Gasteiger partial charge in [0.25, 0.3) is 0 Å². The number of rotatable bonds is 7. The number of hydrogen-bond acceptors (Lipinski definition) is 2. The van der Waals surface area contributed by atoms with E-state index in [1.165, 1.54) is 5.56 Å². The van der Waals surface area contributed by atoms with E-state index in [1.54, 1.807) is 0 Å². The fourth-order valence-electron chi connectivity index (χ4n) is 1.18. The van der Waals surface area contributed by atoms with E-state index in [1.807, 2.05) is 12.1 Å². The first-order valence-electron chi connectivity index (χ1n) is 4.92. The summed E-state index contributed by atoms with van der Waals surface area (Å²) in [4.78, 5) is 0. The van der Waals surface area contributed by atoms with Crippen LogP contribution in [0.25, 0.3) is 0 Å². The second-order valence-electron chi connectivity index (χ2n) is 3.11. The zero-order valence-electron chi connectivity index (χ0n) is 8.51. The molecule has 0 aliphatic heterocycles. The lowest BCUT2D eigenvalue weighted by molar-refractivity contribution is 0.151. The fourth-order valence-corrected chi connectivity index (χ4v) is 1.74. The monoisotopic (exact) mass is 291 g/mol. The lowest BCUT2D eigenvalue weighted by atomic mass is 10.2. The molecule has 1 rings (SSSR count). The predicted octanol–water partition coefficient (Wildman–Crippen LogP) is 2.79. The Bertz CT molecular complexity index is 283. The number of halogens is 2. The summed E-state index contributed by atoms with van der Waals surface area (Å²) >= 11 is 8.92. The number of nitrogens with one attached hydrogen (secondary N) is 1. The highest BCUT2D eigenvalue weighted by molar-refractivity contribution is 9.10. The van der Waals surface area contributed by atoms with Crippen molar-refractivity contribution in [3.63, 3.8) is 0 Å². The number of benzene rings is 1. The Morgan fingerprint density at radius 1 is 1.33 bits per heavy atom. The average molecular weight is 293 g/mol. The van der Waals surface area contributed by atoms with Gasteiger partial charge in [0.1, 0.15) is 0 Å². The van der Waals surface area contributed by atoms with Crippen LogP contribution < -0.4 is 5.32 Å². The van der Waals surface area contributed by atoms with Crippen LogP contribution in [-0.2, 0) is 11.3 Å². The summed E-state index contributed by atoms with van der Waals surface area (Å²) in [6.07, 6.45) is 0. The zero-order chi connectivity index (χ0) is 10.9. The molecular weight excluding hydrogens is 277 g/mol. The van der Waals surface area contributed by atoms with Crippen LogP contribution in [0, 0.1) is 0 Å². The summed E-state index contributed by atoms with van der Waals surface area (Å²) in [5.41, 5.74) is 1.27. The van der Waals surface area contributed by atoms with Crippen molar-refractivity contribution in [2.75, 3.05) is 25.6 Å². The van der Waals surface area contributed by atoms with Crippen LogP contribution >= 0.6 is 27.5 Å². The van der Waals surface area contributed by atoms with Crippen LogP contribution in [0.3, 0.4) is 0 Å². The summed E-state index contributed by atoms with van der Waals surface area (Å²) in [5.74, 6) is 0.561. The van der Waals surface area contributed by atoms with Crippen molar-refractivity contribution in [3.05, 3.63) is 34.3 Å². The van der Waals surface area contributed by atoms with E-state index in [2.05, 4.69) is 33.4 Å². The minimum Gasteiger partial charge on any atom is -0.379 e. The molecule has 1 N–H and O–H groups in total. The van der Waals surface area contributed by atoms with Gasteiger partial charge in [-0.1, -0.05) is 28.1 Å². The van der Waals surface area contributed by atoms with Crippen molar-refractivity contribution in [3.8, 4) is 0 Å². The quantitative estimate of drug-likeness (QED) is 0.616. The third kappa shape index (κ3) is 6.15. The van der Waals surface area contributed by atoms with Gasteiger partial charge in [-0.2, -0.15) is 0 Å². The van der Waals surface area contributed by atoms with Gasteiger partial charge >= 0.3 is 0 Å². The third-order valence-corrected chi connectivity index (χ3v) is 2.51. The molecule has 1 aromatic carbocycles. The lowest BCUT2D eigenvalue weighted by Crippen LogP contribution is -2.19. The first kappa shape index (κ1) is 13.0. The van der Waals surface area contributed by atoms with E-state index in [0.29, 0.717) is 19.1 Å². The molecule has 0 amide bonds. The zero-order valence-corrected chi connectivity index (χ0v) is 10.9. The molecule has 0 unspecified atom stereocenters. The molecule has 0 aliphatic carbocycles. The Kier molecular flexibility index (Phi) is 7.01. The molecule has 0 saturated heterocycles. The molecule has 0 saturated carbocycles. The van der Waals surface area contributed by atoms with Crippen molar-refractivity contribution >= 4 is 27.5 Å². The van der Waals surface area contributed by atoms with E-state index in [9.17, 15) is 0 Å². The largest absolute Gasteiger partial charge is 0.379 e. The minimum atomic E-state index is 0.561. The van der Waals surface area contributed by atoms with E-state index in [-0.39, 0.29) is 0 Å². The van der Waals surface area contributed by atoms with Gasteiger partial charge < -0.3 is 10.1 Å². The molecule has 0 fully saturated rings. The maximum Gasteiger partial charge on any atom is 0.0602 e. The molecule has 0 radical (unpaired) electrons.